The van der Waals surface area contributed by atoms with Gasteiger partial charge < -0.3 is 10.0 Å². The minimum atomic E-state index is -1.10. The van der Waals surface area contributed by atoms with Gasteiger partial charge in [-0.05, 0) is 13.8 Å². The second-order valence-corrected chi connectivity index (χ2v) is 4.45. The first-order valence-electron chi connectivity index (χ1n) is 5.86. The van der Waals surface area contributed by atoms with Crippen molar-refractivity contribution < 1.29 is 23.6 Å². The summed E-state index contributed by atoms with van der Waals surface area (Å²) in [5, 5.41) is 19.2. The van der Waals surface area contributed by atoms with Crippen molar-refractivity contribution in [2.24, 2.45) is 0 Å². The van der Waals surface area contributed by atoms with Gasteiger partial charge in [0.15, 0.2) is 11.6 Å². The summed E-state index contributed by atoms with van der Waals surface area (Å²) in [4.78, 5) is 21.4. The molecule has 6 nitrogen and oxygen atoms in total. The highest BCUT2D eigenvalue weighted by Crippen LogP contribution is 2.29. The first-order valence-corrected chi connectivity index (χ1v) is 5.86. The van der Waals surface area contributed by atoms with E-state index < -0.39 is 33.9 Å². The number of non-ortho nitro benzene ring substituents is 1. The monoisotopic (exact) mass is 288 g/mol. The van der Waals surface area contributed by atoms with Crippen LogP contribution in [0.4, 0.5) is 20.2 Å². The van der Waals surface area contributed by atoms with Gasteiger partial charge >= 0.3 is 5.97 Å². The summed E-state index contributed by atoms with van der Waals surface area (Å²) < 4.78 is 27.7. The van der Waals surface area contributed by atoms with Gasteiger partial charge in [-0.3, -0.25) is 14.9 Å². The van der Waals surface area contributed by atoms with E-state index in [2.05, 4.69) is 0 Å². The average Bonchev–Trinajstić information content (AvgIpc) is 2.31. The molecule has 0 atom stereocenters. The molecule has 8 heteroatoms. The molecule has 0 aromatic heterocycles. The SMILES string of the molecule is CC(C)N(CCC(=O)O)c1c(F)cc([N+](=O)[O-])cc1F. The normalized spacial score (nSPS) is 10.7. The van der Waals surface area contributed by atoms with Crippen molar-refractivity contribution in [3.05, 3.63) is 33.9 Å². The number of benzene rings is 1. The lowest BCUT2D eigenvalue weighted by Crippen LogP contribution is -2.34. The van der Waals surface area contributed by atoms with E-state index in [9.17, 15) is 23.7 Å². The van der Waals surface area contributed by atoms with Crippen LogP contribution in [0.15, 0.2) is 12.1 Å². The maximum Gasteiger partial charge on any atom is 0.305 e. The molecular weight excluding hydrogens is 274 g/mol. The number of nitrogens with zero attached hydrogens (tertiary/aromatic N) is 2. The van der Waals surface area contributed by atoms with E-state index in [1.165, 1.54) is 4.90 Å². The molecule has 1 aromatic rings. The highest BCUT2D eigenvalue weighted by molar-refractivity contribution is 5.68. The summed E-state index contributed by atoms with van der Waals surface area (Å²) in [6.45, 7) is 3.18. The zero-order chi connectivity index (χ0) is 15.4. The lowest BCUT2D eigenvalue weighted by atomic mass is 10.2. The Bertz CT molecular complexity index is 511. The molecule has 0 aliphatic rings. The molecule has 110 valence electrons. The fraction of sp³-hybridized carbons (Fsp3) is 0.417. The van der Waals surface area contributed by atoms with Crippen molar-refractivity contribution in [2.75, 3.05) is 11.4 Å². The maximum atomic E-state index is 13.9. The van der Waals surface area contributed by atoms with Gasteiger partial charge in [-0.1, -0.05) is 0 Å². The number of nitro benzene ring substituents is 1. The third-order valence-corrected chi connectivity index (χ3v) is 2.69. The number of hydrogen-bond donors (Lipinski definition) is 1. The predicted octanol–water partition coefficient (Wildman–Crippen LogP) is 2.56. The van der Waals surface area contributed by atoms with E-state index in [0.29, 0.717) is 12.1 Å². The van der Waals surface area contributed by atoms with Crippen LogP contribution in [0.25, 0.3) is 0 Å². The van der Waals surface area contributed by atoms with Gasteiger partial charge in [-0.15, -0.1) is 0 Å². The van der Waals surface area contributed by atoms with Crippen LogP contribution in [0.3, 0.4) is 0 Å². The molecule has 0 spiro atoms. The minimum Gasteiger partial charge on any atom is -0.481 e. The summed E-state index contributed by atoms with van der Waals surface area (Å²) in [5.41, 5.74) is -1.14. The Morgan fingerprint density at radius 2 is 1.90 bits per heavy atom. The number of nitro groups is 1. The Kier molecular flexibility index (Phi) is 4.95. The van der Waals surface area contributed by atoms with E-state index in [1.54, 1.807) is 13.8 Å². The van der Waals surface area contributed by atoms with E-state index in [-0.39, 0.29) is 19.0 Å². The summed E-state index contributed by atoms with van der Waals surface area (Å²) in [6, 6.07) is 0.878. The zero-order valence-corrected chi connectivity index (χ0v) is 11.0. The third-order valence-electron chi connectivity index (χ3n) is 2.69. The van der Waals surface area contributed by atoms with Gasteiger partial charge in [0.05, 0.1) is 23.5 Å². The lowest BCUT2D eigenvalue weighted by Gasteiger charge is -2.29. The van der Waals surface area contributed by atoms with Crippen LogP contribution < -0.4 is 4.90 Å². The van der Waals surface area contributed by atoms with Gasteiger partial charge in [0.25, 0.3) is 5.69 Å². The number of carboxylic acid groups (broad SMARTS) is 1. The van der Waals surface area contributed by atoms with Crippen LogP contribution in [0.1, 0.15) is 20.3 Å². The minimum absolute atomic E-state index is 0.0986. The molecule has 1 N–H and O–H groups in total. The molecule has 1 rings (SSSR count). The summed E-state index contributed by atoms with van der Waals surface area (Å²) in [5.74, 6) is -3.27. The molecule has 0 aliphatic carbocycles. The molecule has 0 radical (unpaired) electrons. The van der Waals surface area contributed by atoms with Crippen molar-refractivity contribution in [3.63, 3.8) is 0 Å². The Labute approximate surface area is 113 Å². The van der Waals surface area contributed by atoms with Gasteiger partial charge in [-0.25, -0.2) is 8.78 Å². The molecule has 0 fully saturated rings. The second kappa shape index (κ2) is 6.27. The van der Waals surface area contributed by atoms with Crippen LogP contribution in [0.5, 0.6) is 0 Å². The van der Waals surface area contributed by atoms with Crippen molar-refractivity contribution in [3.8, 4) is 0 Å². The summed E-state index contributed by atoms with van der Waals surface area (Å²) in [6.07, 6.45) is -0.298. The largest absolute Gasteiger partial charge is 0.481 e. The molecule has 0 bridgehead atoms. The fourth-order valence-corrected chi connectivity index (χ4v) is 1.78. The highest BCUT2D eigenvalue weighted by Gasteiger charge is 2.23. The Morgan fingerprint density at radius 3 is 2.25 bits per heavy atom. The highest BCUT2D eigenvalue weighted by atomic mass is 19.1. The lowest BCUT2D eigenvalue weighted by molar-refractivity contribution is -0.385. The number of halogens is 2. The number of carboxylic acids is 1. The molecular formula is C12H14F2N2O4. The molecule has 0 amide bonds. The van der Waals surface area contributed by atoms with Crippen molar-refractivity contribution in [2.45, 2.75) is 26.3 Å². The number of anilines is 1. The number of aliphatic carboxylic acids is 1. The van der Waals surface area contributed by atoms with Crippen LogP contribution in [0, 0.1) is 21.7 Å². The number of rotatable bonds is 6. The molecule has 0 saturated heterocycles. The Balaban J connectivity index is 3.20. The molecule has 0 saturated carbocycles. The van der Waals surface area contributed by atoms with E-state index >= 15 is 0 Å². The second-order valence-electron chi connectivity index (χ2n) is 4.45. The molecule has 0 heterocycles. The van der Waals surface area contributed by atoms with E-state index in [1.807, 2.05) is 0 Å². The Hall–Kier alpha value is -2.25. The van der Waals surface area contributed by atoms with Crippen molar-refractivity contribution in [1.82, 2.24) is 0 Å². The molecule has 20 heavy (non-hydrogen) atoms. The molecule has 1 aromatic carbocycles. The number of carbonyl (C=O) groups is 1. The van der Waals surface area contributed by atoms with Crippen LogP contribution in [-0.2, 0) is 4.79 Å². The third kappa shape index (κ3) is 3.62. The van der Waals surface area contributed by atoms with E-state index in [4.69, 9.17) is 5.11 Å². The Morgan fingerprint density at radius 1 is 1.40 bits per heavy atom. The van der Waals surface area contributed by atoms with Gasteiger partial charge in [0.2, 0.25) is 0 Å². The first kappa shape index (κ1) is 15.8. The topological polar surface area (TPSA) is 83.7 Å². The number of hydrogen-bond acceptors (Lipinski definition) is 4. The van der Waals surface area contributed by atoms with Crippen molar-refractivity contribution in [1.29, 1.82) is 0 Å². The quantitative estimate of drug-likeness (QED) is 0.642. The standard InChI is InChI=1S/C12H14F2N2O4/c1-7(2)15(4-3-11(17)18)12-9(13)5-8(16(19)20)6-10(12)14/h5-7H,3-4H2,1-2H3,(H,17,18). The van der Waals surface area contributed by atoms with Gasteiger partial charge in [0, 0.05) is 12.6 Å². The molecule has 0 unspecified atom stereocenters. The molecule has 0 aliphatic heterocycles. The smallest absolute Gasteiger partial charge is 0.305 e. The summed E-state index contributed by atoms with van der Waals surface area (Å²) in [7, 11) is 0. The van der Waals surface area contributed by atoms with Crippen molar-refractivity contribution >= 4 is 17.3 Å². The fourth-order valence-electron chi connectivity index (χ4n) is 1.78. The van der Waals surface area contributed by atoms with Crippen LogP contribution in [-0.4, -0.2) is 28.6 Å². The predicted molar refractivity (Wildman–Crippen MR) is 67.7 cm³/mol. The van der Waals surface area contributed by atoms with Gasteiger partial charge in [-0.2, -0.15) is 0 Å². The van der Waals surface area contributed by atoms with E-state index in [0.717, 1.165) is 0 Å². The maximum absolute atomic E-state index is 13.9. The summed E-state index contributed by atoms with van der Waals surface area (Å²) >= 11 is 0. The van der Waals surface area contributed by atoms with Gasteiger partial charge in [0.1, 0.15) is 5.69 Å². The average molecular weight is 288 g/mol. The first-order chi connectivity index (χ1) is 9.23. The van der Waals surface area contributed by atoms with Crippen LogP contribution >= 0.6 is 0 Å². The van der Waals surface area contributed by atoms with Crippen LogP contribution in [0.2, 0.25) is 0 Å². The zero-order valence-electron chi connectivity index (χ0n) is 11.0.